The van der Waals surface area contributed by atoms with Gasteiger partial charge >= 0.3 is 0 Å². The first-order chi connectivity index (χ1) is 14.4. The molecular formula is C21H18ClFN4O2S. The van der Waals surface area contributed by atoms with Crippen molar-refractivity contribution in [2.24, 2.45) is 0 Å². The summed E-state index contributed by atoms with van der Waals surface area (Å²) >= 11 is 7.31. The second kappa shape index (κ2) is 8.49. The third kappa shape index (κ3) is 4.06. The van der Waals surface area contributed by atoms with E-state index in [-0.39, 0.29) is 23.6 Å². The van der Waals surface area contributed by atoms with E-state index in [4.69, 9.17) is 11.6 Å². The number of amides is 1. The normalized spacial score (nSPS) is 16.6. The minimum atomic E-state index is -0.406. The van der Waals surface area contributed by atoms with E-state index < -0.39 is 5.82 Å². The summed E-state index contributed by atoms with van der Waals surface area (Å²) in [6.45, 7) is 3.61. The summed E-state index contributed by atoms with van der Waals surface area (Å²) < 4.78 is 17.2. The number of rotatable bonds is 4. The van der Waals surface area contributed by atoms with Crippen LogP contribution in [0.15, 0.2) is 48.5 Å². The summed E-state index contributed by atoms with van der Waals surface area (Å²) in [7, 11) is 0. The number of benzene rings is 2. The van der Waals surface area contributed by atoms with Crippen molar-refractivity contribution in [3.8, 4) is 0 Å². The highest BCUT2D eigenvalue weighted by atomic mass is 35.5. The van der Waals surface area contributed by atoms with Gasteiger partial charge in [0.2, 0.25) is 16.7 Å². The van der Waals surface area contributed by atoms with Crippen molar-refractivity contribution in [1.29, 1.82) is 0 Å². The Bertz CT molecular complexity index is 1090. The standard InChI is InChI=1S/C21H18ClFN4O2S/c1-13-12-26(10-11-27(13)20(29)16-4-2-3-5-17(16)22)21-24-19(25-30-21)18(28)14-6-8-15(23)9-7-14/h2-9,13H,10-12H2,1H3. The summed E-state index contributed by atoms with van der Waals surface area (Å²) in [4.78, 5) is 33.6. The fraction of sp³-hybridized carbons (Fsp3) is 0.238. The Hall–Kier alpha value is -2.84. The van der Waals surface area contributed by atoms with Gasteiger partial charge in [0, 0.05) is 42.8 Å². The number of hydrogen-bond acceptors (Lipinski definition) is 6. The van der Waals surface area contributed by atoms with E-state index in [1.54, 1.807) is 29.2 Å². The van der Waals surface area contributed by atoms with E-state index in [1.807, 2.05) is 11.8 Å². The molecule has 1 aliphatic heterocycles. The molecule has 2 aromatic carbocycles. The SMILES string of the molecule is CC1CN(c2nc(C(=O)c3ccc(F)cc3)ns2)CCN1C(=O)c1ccccc1Cl. The molecule has 4 rings (SSSR count). The Morgan fingerprint density at radius 2 is 1.87 bits per heavy atom. The molecule has 6 nitrogen and oxygen atoms in total. The van der Waals surface area contributed by atoms with Crippen LogP contribution in [0, 0.1) is 5.82 Å². The Labute approximate surface area is 182 Å². The van der Waals surface area contributed by atoms with Crippen LogP contribution in [0.3, 0.4) is 0 Å². The third-order valence-corrected chi connectivity index (χ3v) is 6.09. The van der Waals surface area contributed by atoms with Gasteiger partial charge in [-0.2, -0.15) is 9.36 Å². The van der Waals surface area contributed by atoms with Gasteiger partial charge in [0.25, 0.3) is 5.91 Å². The molecule has 1 aromatic heterocycles. The van der Waals surface area contributed by atoms with E-state index in [9.17, 15) is 14.0 Å². The van der Waals surface area contributed by atoms with Crippen LogP contribution in [-0.2, 0) is 0 Å². The average molecular weight is 445 g/mol. The van der Waals surface area contributed by atoms with Gasteiger partial charge in [-0.25, -0.2) is 4.39 Å². The zero-order valence-corrected chi connectivity index (χ0v) is 17.7. The third-order valence-electron chi connectivity index (χ3n) is 4.99. The molecule has 1 unspecified atom stereocenters. The smallest absolute Gasteiger partial charge is 0.255 e. The molecule has 30 heavy (non-hydrogen) atoms. The van der Waals surface area contributed by atoms with Crippen molar-refractivity contribution in [3.63, 3.8) is 0 Å². The van der Waals surface area contributed by atoms with Crippen LogP contribution in [0.25, 0.3) is 0 Å². The second-order valence-corrected chi connectivity index (χ2v) is 8.15. The van der Waals surface area contributed by atoms with Crippen LogP contribution in [0.1, 0.15) is 33.5 Å². The number of piperazine rings is 1. The summed E-state index contributed by atoms with van der Waals surface area (Å²) in [6, 6.07) is 12.2. The Morgan fingerprint density at radius 3 is 2.57 bits per heavy atom. The van der Waals surface area contributed by atoms with Gasteiger partial charge in [0.05, 0.1) is 10.6 Å². The maximum absolute atomic E-state index is 13.1. The Morgan fingerprint density at radius 1 is 1.13 bits per heavy atom. The van der Waals surface area contributed by atoms with Crippen molar-refractivity contribution in [2.75, 3.05) is 24.5 Å². The quantitative estimate of drug-likeness (QED) is 0.571. The first kappa shape index (κ1) is 20.4. The zero-order valence-electron chi connectivity index (χ0n) is 16.1. The molecule has 0 saturated carbocycles. The monoisotopic (exact) mass is 444 g/mol. The Balaban J connectivity index is 1.45. The zero-order chi connectivity index (χ0) is 21.3. The van der Waals surface area contributed by atoms with Gasteiger partial charge < -0.3 is 9.80 Å². The minimum Gasteiger partial charge on any atom is -0.343 e. The lowest BCUT2D eigenvalue weighted by molar-refractivity contribution is 0.0674. The molecule has 1 atom stereocenters. The first-order valence-corrected chi connectivity index (χ1v) is 10.5. The van der Waals surface area contributed by atoms with Crippen LogP contribution in [0.4, 0.5) is 9.52 Å². The lowest BCUT2D eigenvalue weighted by atomic mass is 10.1. The van der Waals surface area contributed by atoms with Gasteiger partial charge in [-0.05, 0) is 43.3 Å². The van der Waals surface area contributed by atoms with Gasteiger partial charge in [-0.1, -0.05) is 23.7 Å². The number of aromatic nitrogens is 2. The molecule has 0 bridgehead atoms. The molecule has 154 valence electrons. The van der Waals surface area contributed by atoms with Crippen molar-refractivity contribution in [1.82, 2.24) is 14.3 Å². The molecule has 9 heteroatoms. The first-order valence-electron chi connectivity index (χ1n) is 9.38. The van der Waals surface area contributed by atoms with Crippen LogP contribution in [-0.4, -0.2) is 51.6 Å². The summed E-state index contributed by atoms with van der Waals surface area (Å²) in [5.41, 5.74) is 0.826. The number of halogens is 2. The lowest BCUT2D eigenvalue weighted by Crippen LogP contribution is -2.54. The van der Waals surface area contributed by atoms with E-state index in [0.29, 0.717) is 40.9 Å². The summed E-state index contributed by atoms with van der Waals surface area (Å²) in [5.74, 6) is -0.768. The van der Waals surface area contributed by atoms with Gasteiger partial charge in [-0.15, -0.1) is 0 Å². The molecule has 1 saturated heterocycles. The topological polar surface area (TPSA) is 66.4 Å². The van der Waals surface area contributed by atoms with Gasteiger partial charge in [0.15, 0.2) is 0 Å². The van der Waals surface area contributed by atoms with Gasteiger partial charge in [0.1, 0.15) is 5.82 Å². The van der Waals surface area contributed by atoms with Crippen LogP contribution < -0.4 is 4.90 Å². The average Bonchev–Trinajstić information content (AvgIpc) is 3.24. The molecule has 3 aromatic rings. The van der Waals surface area contributed by atoms with E-state index in [1.165, 1.54) is 24.3 Å². The highest BCUT2D eigenvalue weighted by molar-refractivity contribution is 7.09. The van der Waals surface area contributed by atoms with Crippen molar-refractivity contribution in [3.05, 3.63) is 76.3 Å². The van der Waals surface area contributed by atoms with Crippen molar-refractivity contribution >= 4 is 40.0 Å². The predicted molar refractivity (Wildman–Crippen MR) is 114 cm³/mol. The molecule has 0 radical (unpaired) electrons. The van der Waals surface area contributed by atoms with E-state index in [2.05, 4.69) is 9.36 Å². The molecule has 1 amide bonds. The fourth-order valence-corrected chi connectivity index (χ4v) is 4.31. The minimum absolute atomic E-state index is 0.0670. The second-order valence-electron chi connectivity index (χ2n) is 7.01. The largest absolute Gasteiger partial charge is 0.343 e. The number of carbonyl (C=O) groups is 2. The van der Waals surface area contributed by atoms with E-state index in [0.717, 1.165) is 11.5 Å². The van der Waals surface area contributed by atoms with Crippen molar-refractivity contribution < 1.29 is 14.0 Å². The lowest BCUT2D eigenvalue weighted by Gasteiger charge is -2.39. The highest BCUT2D eigenvalue weighted by Gasteiger charge is 2.30. The molecule has 0 spiro atoms. The number of anilines is 1. The molecule has 1 aliphatic rings. The summed E-state index contributed by atoms with van der Waals surface area (Å²) in [6.07, 6.45) is 0. The molecular weight excluding hydrogens is 427 g/mol. The summed E-state index contributed by atoms with van der Waals surface area (Å²) in [5, 5.41) is 1.06. The highest BCUT2D eigenvalue weighted by Crippen LogP contribution is 2.25. The van der Waals surface area contributed by atoms with Crippen LogP contribution >= 0.6 is 23.1 Å². The number of ketones is 1. The van der Waals surface area contributed by atoms with Crippen LogP contribution in [0.2, 0.25) is 5.02 Å². The fourth-order valence-electron chi connectivity index (χ4n) is 3.39. The number of nitrogens with zero attached hydrogens (tertiary/aromatic N) is 4. The maximum atomic E-state index is 13.1. The molecule has 0 aliphatic carbocycles. The number of carbonyl (C=O) groups excluding carboxylic acids is 2. The predicted octanol–water partition coefficient (Wildman–Crippen LogP) is 3.91. The molecule has 2 heterocycles. The Kier molecular flexibility index (Phi) is 5.78. The van der Waals surface area contributed by atoms with Crippen molar-refractivity contribution in [2.45, 2.75) is 13.0 Å². The molecule has 0 N–H and O–H groups in total. The van der Waals surface area contributed by atoms with E-state index >= 15 is 0 Å². The number of hydrogen-bond donors (Lipinski definition) is 0. The van der Waals surface area contributed by atoms with Crippen LogP contribution in [0.5, 0.6) is 0 Å². The molecule has 1 fully saturated rings. The maximum Gasteiger partial charge on any atom is 0.255 e. The van der Waals surface area contributed by atoms with Gasteiger partial charge in [-0.3, -0.25) is 9.59 Å².